The van der Waals surface area contributed by atoms with Gasteiger partial charge in [-0.15, -0.1) is 0 Å². The number of nitrogens with zero attached hydrogens (tertiary/aromatic N) is 2. The molecule has 2 N–H and O–H groups in total. The SMILES string of the molecule is CC#CC(=O)NCC(F)(F)c1n[nH]c(C)n1. The van der Waals surface area contributed by atoms with E-state index < -0.39 is 24.2 Å². The van der Waals surface area contributed by atoms with Crippen LogP contribution in [0.5, 0.6) is 0 Å². The Labute approximate surface area is 90.6 Å². The van der Waals surface area contributed by atoms with Crippen LogP contribution in [0.3, 0.4) is 0 Å². The number of aromatic nitrogens is 3. The van der Waals surface area contributed by atoms with Crippen molar-refractivity contribution in [2.24, 2.45) is 0 Å². The molecule has 0 saturated heterocycles. The molecule has 0 aromatic carbocycles. The van der Waals surface area contributed by atoms with E-state index in [0.29, 0.717) is 0 Å². The van der Waals surface area contributed by atoms with E-state index in [2.05, 4.69) is 27.0 Å². The zero-order valence-corrected chi connectivity index (χ0v) is 8.77. The zero-order valence-electron chi connectivity index (χ0n) is 8.77. The van der Waals surface area contributed by atoms with Gasteiger partial charge in [0.1, 0.15) is 5.82 Å². The fraction of sp³-hybridized carbons (Fsp3) is 0.444. The maximum Gasteiger partial charge on any atom is 0.325 e. The molecule has 0 radical (unpaired) electrons. The van der Waals surface area contributed by atoms with Crippen molar-refractivity contribution in [1.82, 2.24) is 20.5 Å². The second kappa shape index (κ2) is 4.70. The third kappa shape index (κ3) is 3.02. The van der Waals surface area contributed by atoms with Gasteiger partial charge in [0.05, 0.1) is 6.54 Å². The standard InChI is InChI=1S/C9H10F2N4O/c1-3-4-7(16)12-5-9(10,11)8-13-6(2)14-15-8/h5H2,1-2H3,(H,12,16)(H,13,14,15). The molecule has 16 heavy (non-hydrogen) atoms. The van der Waals surface area contributed by atoms with Crippen molar-refractivity contribution < 1.29 is 13.6 Å². The number of H-pyrrole nitrogens is 1. The van der Waals surface area contributed by atoms with E-state index in [4.69, 9.17) is 0 Å². The maximum absolute atomic E-state index is 13.4. The van der Waals surface area contributed by atoms with Crippen LogP contribution in [0.15, 0.2) is 0 Å². The van der Waals surface area contributed by atoms with Gasteiger partial charge in [-0.3, -0.25) is 9.89 Å². The van der Waals surface area contributed by atoms with Gasteiger partial charge in [0.2, 0.25) is 5.82 Å². The average molecular weight is 228 g/mol. The molecule has 0 aliphatic carbocycles. The lowest BCUT2D eigenvalue weighted by Gasteiger charge is -2.11. The molecule has 0 atom stereocenters. The minimum absolute atomic E-state index is 0.286. The first-order valence-corrected chi connectivity index (χ1v) is 4.43. The van der Waals surface area contributed by atoms with Crippen LogP contribution in [0.2, 0.25) is 0 Å². The van der Waals surface area contributed by atoms with Gasteiger partial charge in [0, 0.05) is 0 Å². The second-order valence-electron chi connectivity index (χ2n) is 3.01. The van der Waals surface area contributed by atoms with Crippen LogP contribution in [0, 0.1) is 18.8 Å². The predicted molar refractivity (Wildman–Crippen MR) is 51.5 cm³/mol. The predicted octanol–water partition coefficient (Wildman–Crippen LogP) is 0.344. The summed E-state index contributed by atoms with van der Waals surface area (Å²) in [4.78, 5) is 14.4. The summed E-state index contributed by atoms with van der Waals surface area (Å²) in [5, 5.41) is 7.62. The Morgan fingerprint density at radius 3 is 2.81 bits per heavy atom. The highest BCUT2D eigenvalue weighted by molar-refractivity contribution is 5.93. The molecule has 5 nitrogen and oxygen atoms in total. The Bertz CT molecular complexity index is 444. The summed E-state index contributed by atoms with van der Waals surface area (Å²) in [6, 6.07) is 0. The number of aromatic amines is 1. The van der Waals surface area contributed by atoms with Crippen molar-refractivity contribution in [1.29, 1.82) is 0 Å². The molecule has 0 aliphatic rings. The van der Waals surface area contributed by atoms with Crippen LogP contribution in [0.4, 0.5) is 8.78 Å². The number of halogens is 2. The first-order chi connectivity index (χ1) is 7.45. The first kappa shape index (κ1) is 12.1. The van der Waals surface area contributed by atoms with Gasteiger partial charge < -0.3 is 5.32 Å². The van der Waals surface area contributed by atoms with Crippen molar-refractivity contribution >= 4 is 5.91 Å². The third-order valence-corrected chi connectivity index (χ3v) is 1.63. The molecule has 0 aliphatic heterocycles. The van der Waals surface area contributed by atoms with Gasteiger partial charge in [-0.05, 0) is 19.8 Å². The summed E-state index contributed by atoms with van der Waals surface area (Å²) in [6.07, 6.45) is 0. The largest absolute Gasteiger partial charge is 0.339 e. The van der Waals surface area contributed by atoms with Crippen LogP contribution >= 0.6 is 0 Å². The van der Waals surface area contributed by atoms with Crippen molar-refractivity contribution in [2.75, 3.05) is 6.54 Å². The van der Waals surface area contributed by atoms with Gasteiger partial charge >= 0.3 is 5.92 Å². The van der Waals surface area contributed by atoms with E-state index in [1.807, 2.05) is 5.32 Å². The molecule has 7 heteroatoms. The van der Waals surface area contributed by atoms with Crippen molar-refractivity contribution in [3.05, 3.63) is 11.6 Å². The number of carbonyl (C=O) groups is 1. The monoisotopic (exact) mass is 228 g/mol. The molecule has 1 heterocycles. The second-order valence-corrected chi connectivity index (χ2v) is 3.01. The molecule has 86 valence electrons. The number of nitrogens with one attached hydrogen (secondary N) is 2. The van der Waals surface area contributed by atoms with Crippen molar-refractivity contribution in [3.63, 3.8) is 0 Å². The number of rotatable bonds is 3. The van der Waals surface area contributed by atoms with Gasteiger partial charge in [-0.25, -0.2) is 4.98 Å². The minimum Gasteiger partial charge on any atom is -0.339 e. The molecule has 1 amide bonds. The number of hydrogen-bond acceptors (Lipinski definition) is 3. The maximum atomic E-state index is 13.4. The van der Waals surface area contributed by atoms with Gasteiger partial charge in [0.25, 0.3) is 5.91 Å². The van der Waals surface area contributed by atoms with Crippen LogP contribution in [-0.2, 0) is 10.7 Å². The third-order valence-electron chi connectivity index (χ3n) is 1.63. The van der Waals surface area contributed by atoms with Gasteiger partial charge in [-0.1, -0.05) is 5.92 Å². The topological polar surface area (TPSA) is 70.7 Å². The lowest BCUT2D eigenvalue weighted by molar-refractivity contribution is -0.118. The van der Waals surface area contributed by atoms with Crippen molar-refractivity contribution in [2.45, 2.75) is 19.8 Å². The van der Waals surface area contributed by atoms with E-state index in [-0.39, 0.29) is 5.82 Å². The highest BCUT2D eigenvalue weighted by atomic mass is 19.3. The zero-order chi connectivity index (χ0) is 12.2. The van der Waals surface area contributed by atoms with E-state index in [1.54, 1.807) is 0 Å². The Morgan fingerprint density at radius 1 is 1.62 bits per heavy atom. The van der Waals surface area contributed by atoms with E-state index >= 15 is 0 Å². The highest BCUT2D eigenvalue weighted by Gasteiger charge is 2.36. The lowest BCUT2D eigenvalue weighted by atomic mass is 10.3. The average Bonchev–Trinajstić information content (AvgIpc) is 2.63. The quantitative estimate of drug-likeness (QED) is 0.733. The highest BCUT2D eigenvalue weighted by Crippen LogP contribution is 2.23. The number of amides is 1. The summed E-state index contributed by atoms with van der Waals surface area (Å²) in [5.74, 6) is -0.0261. The molecule has 1 aromatic heterocycles. The van der Waals surface area contributed by atoms with Gasteiger partial charge in [0.15, 0.2) is 0 Å². The van der Waals surface area contributed by atoms with E-state index in [0.717, 1.165) is 0 Å². The normalized spacial score (nSPS) is 10.5. The molecule has 1 aromatic rings. The summed E-state index contributed by atoms with van der Waals surface area (Å²) in [5.41, 5.74) is 0. The minimum atomic E-state index is -3.31. The molecule has 0 fully saturated rings. The first-order valence-electron chi connectivity index (χ1n) is 4.43. The molecule has 0 unspecified atom stereocenters. The number of alkyl halides is 2. The Hall–Kier alpha value is -1.97. The molecular weight excluding hydrogens is 218 g/mol. The summed E-state index contributed by atoms with van der Waals surface area (Å²) < 4.78 is 26.7. The van der Waals surface area contributed by atoms with Crippen LogP contribution in [-0.4, -0.2) is 27.6 Å². The number of hydrogen-bond donors (Lipinski definition) is 2. The molecular formula is C9H10F2N4O. The van der Waals surface area contributed by atoms with Crippen LogP contribution in [0.1, 0.15) is 18.6 Å². The Morgan fingerprint density at radius 2 is 2.31 bits per heavy atom. The molecule has 0 saturated carbocycles. The van der Waals surface area contributed by atoms with E-state index in [9.17, 15) is 13.6 Å². The molecule has 1 rings (SSSR count). The smallest absolute Gasteiger partial charge is 0.325 e. The Kier molecular flexibility index (Phi) is 3.55. The Balaban J connectivity index is 2.64. The lowest BCUT2D eigenvalue weighted by Crippen LogP contribution is -2.35. The van der Waals surface area contributed by atoms with Crippen LogP contribution in [0.25, 0.3) is 0 Å². The number of carbonyl (C=O) groups excluding carboxylic acids is 1. The summed E-state index contributed by atoms with van der Waals surface area (Å²) >= 11 is 0. The fourth-order valence-corrected chi connectivity index (χ4v) is 0.934. The van der Waals surface area contributed by atoms with Crippen LogP contribution < -0.4 is 5.32 Å². The number of aryl methyl sites for hydroxylation is 1. The summed E-state index contributed by atoms with van der Waals surface area (Å²) in [7, 11) is 0. The fourth-order valence-electron chi connectivity index (χ4n) is 0.934. The van der Waals surface area contributed by atoms with Gasteiger partial charge in [-0.2, -0.15) is 13.9 Å². The van der Waals surface area contributed by atoms with E-state index in [1.165, 1.54) is 13.8 Å². The summed E-state index contributed by atoms with van der Waals surface area (Å²) in [6.45, 7) is 2.07. The molecule has 0 spiro atoms. The van der Waals surface area contributed by atoms with Crippen molar-refractivity contribution in [3.8, 4) is 11.8 Å². The molecule has 0 bridgehead atoms.